The smallest absolute Gasteiger partial charge is 0.123 e. The van der Waals surface area contributed by atoms with Gasteiger partial charge in [0.05, 0.1) is 10.7 Å². The van der Waals surface area contributed by atoms with Crippen molar-refractivity contribution in [3.63, 3.8) is 0 Å². The van der Waals surface area contributed by atoms with Crippen molar-refractivity contribution >= 4 is 17.3 Å². The molecule has 1 fully saturated rings. The number of hydrogen-bond donors (Lipinski definition) is 0. The van der Waals surface area contributed by atoms with Crippen molar-refractivity contribution in [1.82, 2.24) is 4.90 Å². The number of nitrogens with zero attached hydrogens (tertiary/aromatic N) is 2. The summed E-state index contributed by atoms with van der Waals surface area (Å²) in [4.78, 5) is 4.76. The van der Waals surface area contributed by atoms with Crippen LogP contribution in [-0.4, -0.2) is 31.1 Å². The maximum absolute atomic E-state index is 13.0. The molecule has 0 spiro atoms. The summed E-state index contributed by atoms with van der Waals surface area (Å²) in [7, 11) is 0. The second kappa shape index (κ2) is 6.67. The summed E-state index contributed by atoms with van der Waals surface area (Å²) in [5.41, 5.74) is 2.27. The van der Waals surface area contributed by atoms with Crippen molar-refractivity contribution in [1.29, 1.82) is 0 Å². The van der Waals surface area contributed by atoms with E-state index in [0.717, 1.165) is 42.5 Å². The summed E-state index contributed by atoms with van der Waals surface area (Å²) in [6.07, 6.45) is 0. The van der Waals surface area contributed by atoms with E-state index in [-0.39, 0.29) is 5.82 Å². The van der Waals surface area contributed by atoms with Crippen molar-refractivity contribution < 1.29 is 4.39 Å². The van der Waals surface area contributed by atoms with Crippen LogP contribution < -0.4 is 4.90 Å². The molecule has 3 rings (SSSR count). The van der Waals surface area contributed by atoms with Gasteiger partial charge in [-0.05, 0) is 36.8 Å². The summed E-state index contributed by atoms with van der Waals surface area (Å²) in [6.45, 7) is 6.04. The van der Waals surface area contributed by atoms with Crippen LogP contribution in [0, 0.1) is 5.82 Å². The lowest BCUT2D eigenvalue weighted by atomic mass is 10.1. The van der Waals surface area contributed by atoms with Crippen molar-refractivity contribution in [2.24, 2.45) is 0 Å². The molecule has 22 heavy (non-hydrogen) atoms. The van der Waals surface area contributed by atoms with Crippen molar-refractivity contribution in [2.75, 3.05) is 31.1 Å². The monoisotopic (exact) mass is 318 g/mol. The minimum absolute atomic E-state index is 0.181. The van der Waals surface area contributed by atoms with Gasteiger partial charge in [0, 0.05) is 32.2 Å². The van der Waals surface area contributed by atoms with Gasteiger partial charge in [0.1, 0.15) is 5.82 Å². The molecule has 0 bridgehead atoms. The summed E-state index contributed by atoms with van der Waals surface area (Å²) >= 11 is 6.28. The normalized spacial score (nSPS) is 17.5. The maximum Gasteiger partial charge on any atom is 0.123 e. The molecule has 1 aliphatic rings. The van der Waals surface area contributed by atoms with Gasteiger partial charge in [0.2, 0.25) is 0 Å². The molecule has 0 N–H and O–H groups in total. The van der Waals surface area contributed by atoms with E-state index in [1.807, 2.05) is 30.3 Å². The van der Waals surface area contributed by atoms with E-state index in [1.54, 1.807) is 0 Å². The fraction of sp³-hybridized carbons (Fsp3) is 0.333. The van der Waals surface area contributed by atoms with Crippen LogP contribution in [0.2, 0.25) is 5.02 Å². The second-order valence-corrected chi connectivity index (χ2v) is 6.11. The predicted octanol–water partition coefficient (Wildman–Crippen LogP) is 4.36. The van der Waals surface area contributed by atoms with E-state index in [1.165, 1.54) is 12.1 Å². The zero-order valence-electron chi connectivity index (χ0n) is 12.7. The van der Waals surface area contributed by atoms with Gasteiger partial charge < -0.3 is 4.90 Å². The Morgan fingerprint density at radius 1 is 0.955 bits per heavy atom. The molecule has 1 heterocycles. The van der Waals surface area contributed by atoms with Crippen LogP contribution in [-0.2, 0) is 0 Å². The summed E-state index contributed by atoms with van der Waals surface area (Å²) in [5.74, 6) is -0.181. The lowest BCUT2D eigenvalue weighted by molar-refractivity contribution is 0.198. The molecular weight excluding hydrogens is 299 g/mol. The number of anilines is 1. The highest BCUT2D eigenvalue weighted by Gasteiger charge is 2.23. The molecule has 0 saturated carbocycles. The van der Waals surface area contributed by atoms with Gasteiger partial charge in [0.15, 0.2) is 0 Å². The molecule has 1 saturated heterocycles. The topological polar surface area (TPSA) is 6.48 Å². The third kappa shape index (κ3) is 3.26. The predicted molar refractivity (Wildman–Crippen MR) is 90.1 cm³/mol. The van der Waals surface area contributed by atoms with Crippen LogP contribution in [0.25, 0.3) is 0 Å². The standard InChI is InChI=1S/C18H20ClFN2/c1-14(15-6-8-16(20)9-7-15)21-10-12-22(13-11-21)18-5-3-2-4-17(18)19/h2-9,14H,10-13H2,1H3. The van der Waals surface area contributed by atoms with Crippen molar-refractivity contribution in [3.05, 3.63) is 64.9 Å². The van der Waals surface area contributed by atoms with Crippen LogP contribution in [0.4, 0.5) is 10.1 Å². The average molecular weight is 319 g/mol. The van der Waals surface area contributed by atoms with Crippen LogP contribution in [0.15, 0.2) is 48.5 Å². The SMILES string of the molecule is CC(c1ccc(F)cc1)N1CCN(c2ccccc2Cl)CC1. The molecule has 116 valence electrons. The van der Waals surface area contributed by atoms with Crippen molar-refractivity contribution in [3.8, 4) is 0 Å². The molecule has 1 aliphatic heterocycles. The molecule has 0 aliphatic carbocycles. The van der Waals surface area contributed by atoms with Crippen LogP contribution in [0.3, 0.4) is 0 Å². The first kappa shape index (κ1) is 15.3. The first-order chi connectivity index (χ1) is 10.6. The van der Waals surface area contributed by atoms with Gasteiger partial charge in [0.25, 0.3) is 0 Å². The molecule has 2 aromatic carbocycles. The number of rotatable bonds is 3. The van der Waals surface area contributed by atoms with Gasteiger partial charge >= 0.3 is 0 Å². The summed E-state index contributed by atoms with van der Waals surface area (Å²) in [6, 6.07) is 15.1. The van der Waals surface area contributed by atoms with E-state index < -0.39 is 0 Å². The quantitative estimate of drug-likeness (QED) is 0.829. The van der Waals surface area contributed by atoms with Gasteiger partial charge in [-0.15, -0.1) is 0 Å². The Bertz CT molecular complexity index is 621. The molecule has 0 amide bonds. The van der Waals surface area contributed by atoms with Crippen LogP contribution in [0.5, 0.6) is 0 Å². The first-order valence-electron chi connectivity index (χ1n) is 7.64. The zero-order valence-corrected chi connectivity index (χ0v) is 13.4. The molecule has 2 nitrogen and oxygen atoms in total. The Labute approximate surface area is 136 Å². The Balaban J connectivity index is 1.64. The third-order valence-electron chi connectivity index (χ3n) is 4.41. The maximum atomic E-state index is 13.0. The lowest BCUT2D eigenvalue weighted by Gasteiger charge is -2.39. The molecular formula is C18H20ClFN2. The molecule has 1 atom stereocenters. The Kier molecular flexibility index (Phi) is 4.65. The van der Waals surface area contributed by atoms with Gasteiger partial charge in [-0.2, -0.15) is 0 Å². The van der Waals surface area contributed by atoms with E-state index in [2.05, 4.69) is 22.8 Å². The van der Waals surface area contributed by atoms with Crippen LogP contribution in [0.1, 0.15) is 18.5 Å². The highest BCUT2D eigenvalue weighted by molar-refractivity contribution is 6.33. The number of piperazine rings is 1. The van der Waals surface area contributed by atoms with Gasteiger partial charge in [-0.3, -0.25) is 4.90 Å². The molecule has 1 unspecified atom stereocenters. The fourth-order valence-electron chi connectivity index (χ4n) is 3.01. The minimum atomic E-state index is -0.181. The number of hydrogen-bond acceptors (Lipinski definition) is 2. The second-order valence-electron chi connectivity index (χ2n) is 5.70. The number of benzene rings is 2. The minimum Gasteiger partial charge on any atom is -0.368 e. The van der Waals surface area contributed by atoms with Gasteiger partial charge in [-0.25, -0.2) is 4.39 Å². The lowest BCUT2D eigenvalue weighted by Crippen LogP contribution is -2.47. The largest absolute Gasteiger partial charge is 0.368 e. The van der Waals surface area contributed by atoms with E-state index in [0.29, 0.717) is 6.04 Å². The Morgan fingerprint density at radius 2 is 1.59 bits per heavy atom. The Hall–Kier alpha value is -1.58. The summed E-state index contributed by atoms with van der Waals surface area (Å²) in [5, 5.41) is 0.808. The highest BCUT2D eigenvalue weighted by Crippen LogP contribution is 2.28. The van der Waals surface area contributed by atoms with E-state index in [9.17, 15) is 4.39 Å². The van der Waals surface area contributed by atoms with Crippen LogP contribution >= 0.6 is 11.6 Å². The number of halogens is 2. The third-order valence-corrected chi connectivity index (χ3v) is 4.73. The molecule has 0 radical (unpaired) electrons. The Morgan fingerprint density at radius 3 is 2.23 bits per heavy atom. The average Bonchev–Trinajstić information content (AvgIpc) is 2.56. The zero-order chi connectivity index (χ0) is 15.5. The molecule has 4 heteroatoms. The summed E-state index contributed by atoms with van der Waals surface area (Å²) < 4.78 is 13.0. The van der Waals surface area contributed by atoms with E-state index >= 15 is 0 Å². The van der Waals surface area contributed by atoms with Gasteiger partial charge in [-0.1, -0.05) is 35.9 Å². The highest BCUT2D eigenvalue weighted by atomic mass is 35.5. The van der Waals surface area contributed by atoms with Crippen molar-refractivity contribution in [2.45, 2.75) is 13.0 Å². The molecule has 2 aromatic rings. The first-order valence-corrected chi connectivity index (χ1v) is 8.02. The molecule has 0 aromatic heterocycles. The number of para-hydroxylation sites is 1. The van der Waals surface area contributed by atoms with E-state index in [4.69, 9.17) is 11.6 Å². The fourth-order valence-corrected chi connectivity index (χ4v) is 3.27.